The summed E-state index contributed by atoms with van der Waals surface area (Å²) in [5.74, 6) is -0.939. The number of hydrogen-bond donors (Lipinski definition) is 3. The van der Waals surface area contributed by atoms with E-state index in [9.17, 15) is 15.0 Å². The quantitative estimate of drug-likeness (QED) is 0.727. The molecule has 0 bridgehead atoms. The van der Waals surface area contributed by atoms with Crippen LogP contribution in [0.3, 0.4) is 0 Å². The van der Waals surface area contributed by atoms with Gasteiger partial charge in [0.15, 0.2) is 6.10 Å². The van der Waals surface area contributed by atoms with Crippen molar-refractivity contribution in [1.82, 2.24) is 0 Å². The standard InChI is InChI=1S/C13H13NO3/c14-13(17)12(16)11(15)10-7-3-5-8-4-1-2-6-9(8)10/h1-7,11-12,15-16H,(H2,14,17). The van der Waals surface area contributed by atoms with E-state index in [1.54, 1.807) is 12.1 Å². The minimum atomic E-state index is -1.60. The van der Waals surface area contributed by atoms with Gasteiger partial charge in [-0.1, -0.05) is 42.5 Å². The molecule has 0 aliphatic rings. The summed E-state index contributed by atoms with van der Waals surface area (Å²) in [6, 6.07) is 12.7. The average Bonchev–Trinajstić information content (AvgIpc) is 2.36. The van der Waals surface area contributed by atoms with E-state index in [1.807, 2.05) is 30.3 Å². The molecule has 0 saturated carbocycles. The van der Waals surface area contributed by atoms with Gasteiger partial charge in [-0.3, -0.25) is 4.79 Å². The van der Waals surface area contributed by atoms with Crippen molar-refractivity contribution in [3.8, 4) is 0 Å². The molecule has 0 aliphatic heterocycles. The summed E-state index contributed by atoms with van der Waals surface area (Å²) in [6.45, 7) is 0. The Bertz CT molecular complexity index is 548. The zero-order chi connectivity index (χ0) is 12.4. The van der Waals surface area contributed by atoms with Crippen LogP contribution >= 0.6 is 0 Å². The zero-order valence-corrected chi connectivity index (χ0v) is 9.08. The van der Waals surface area contributed by atoms with E-state index in [0.717, 1.165) is 10.8 Å². The lowest BCUT2D eigenvalue weighted by Gasteiger charge is -2.17. The molecule has 4 heteroatoms. The molecule has 2 aromatic carbocycles. The number of benzene rings is 2. The second kappa shape index (κ2) is 4.53. The maximum absolute atomic E-state index is 10.9. The molecule has 1 amide bonds. The summed E-state index contributed by atoms with van der Waals surface area (Å²) < 4.78 is 0. The molecule has 2 rings (SSSR count). The first-order valence-electron chi connectivity index (χ1n) is 5.24. The number of rotatable bonds is 3. The molecule has 4 nitrogen and oxygen atoms in total. The van der Waals surface area contributed by atoms with Crippen molar-refractivity contribution in [2.75, 3.05) is 0 Å². The fourth-order valence-corrected chi connectivity index (χ4v) is 1.83. The molecular weight excluding hydrogens is 218 g/mol. The Hall–Kier alpha value is -1.91. The molecule has 0 fully saturated rings. The number of nitrogens with two attached hydrogens (primary N) is 1. The van der Waals surface area contributed by atoms with Gasteiger partial charge in [0.1, 0.15) is 6.10 Å². The second-order valence-corrected chi connectivity index (χ2v) is 3.86. The van der Waals surface area contributed by atoms with E-state index in [2.05, 4.69) is 0 Å². The molecule has 88 valence electrons. The molecule has 4 N–H and O–H groups in total. The van der Waals surface area contributed by atoms with Crippen LogP contribution in [-0.4, -0.2) is 22.2 Å². The van der Waals surface area contributed by atoms with Crippen molar-refractivity contribution < 1.29 is 15.0 Å². The van der Waals surface area contributed by atoms with Gasteiger partial charge in [0.2, 0.25) is 5.91 Å². The van der Waals surface area contributed by atoms with E-state index >= 15 is 0 Å². The summed E-state index contributed by atoms with van der Waals surface area (Å²) in [4.78, 5) is 10.9. The third kappa shape index (κ3) is 2.13. The molecule has 17 heavy (non-hydrogen) atoms. The van der Waals surface area contributed by atoms with Crippen LogP contribution in [0.2, 0.25) is 0 Å². The summed E-state index contributed by atoms with van der Waals surface area (Å²) in [5.41, 5.74) is 5.46. The normalized spacial score (nSPS) is 14.5. The van der Waals surface area contributed by atoms with Crippen LogP contribution in [0.15, 0.2) is 42.5 Å². The summed E-state index contributed by atoms with van der Waals surface area (Å²) in [6.07, 6.45) is -2.90. The molecule has 2 atom stereocenters. The van der Waals surface area contributed by atoms with Crippen LogP contribution in [-0.2, 0) is 4.79 Å². The Morgan fingerprint density at radius 2 is 1.71 bits per heavy atom. The number of hydrogen-bond acceptors (Lipinski definition) is 3. The topological polar surface area (TPSA) is 83.6 Å². The van der Waals surface area contributed by atoms with Crippen molar-refractivity contribution in [2.24, 2.45) is 5.73 Å². The largest absolute Gasteiger partial charge is 0.385 e. The van der Waals surface area contributed by atoms with Gasteiger partial charge in [0.05, 0.1) is 0 Å². The molecular formula is C13H13NO3. The highest BCUT2D eigenvalue weighted by molar-refractivity contribution is 5.87. The van der Waals surface area contributed by atoms with Crippen molar-refractivity contribution in [1.29, 1.82) is 0 Å². The van der Waals surface area contributed by atoms with E-state index in [1.165, 1.54) is 0 Å². The van der Waals surface area contributed by atoms with Gasteiger partial charge in [0.25, 0.3) is 0 Å². The number of carbonyl (C=O) groups excluding carboxylic acids is 1. The number of primary amides is 1. The first-order chi connectivity index (χ1) is 8.11. The summed E-state index contributed by atoms with van der Waals surface area (Å²) in [7, 11) is 0. The lowest BCUT2D eigenvalue weighted by Crippen LogP contribution is -2.33. The molecule has 0 saturated heterocycles. The van der Waals surface area contributed by atoms with Crippen LogP contribution in [0, 0.1) is 0 Å². The number of aliphatic hydroxyl groups is 2. The average molecular weight is 231 g/mol. The fourth-order valence-electron chi connectivity index (χ4n) is 1.83. The van der Waals surface area contributed by atoms with Crippen molar-refractivity contribution in [3.05, 3.63) is 48.0 Å². The lowest BCUT2D eigenvalue weighted by atomic mass is 9.97. The lowest BCUT2D eigenvalue weighted by molar-refractivity contribution is -0.131. The van der Waals surface area contributed by atoms with E-state index in [4.69, 9.17) is 5.73 Å². The zero-order valence-electron chi connectivity index (χ0n) is 9.08. The van der Waals surface area contributed by atoms with Gasteiger partial charge >= 0.3 is 0 Å². The van der Waals surface area contributed by atoms with E-state index < -0.39 is 18.1 Å². The highest BCUT2D eigenvalue weighted by atomic mass is 16.3. The van der Waals surface area contributed by atoms with Crippen molar-refractivity contribution in [3.63, 3.8) is 0 Å². The van der Waals surface area contributed by atoms with Gasteiger partial charge in [0, 0.05) is 0 Å². The minimum Gasteiger partial charge on any atom is -0.385 e. The SMILES string of the molecule is NC(=O)C(O)C(O)c1cccc2ccccc12. The van der Waals surface area contributed by atoms with Crippen molar-refractivity contribution in [2.45, 2.75) is 12.2 Å². The van der Waals surface area contributed by atoms with Gasteiger partial charge in [-0.2, -0.15) is 0 Å². The molecule has 0 spiro atoms. The Balaban J connectivity index is 2.52. The van der Waals surface area contributed by atoms with Crippen LogP contribution in [0.25, 0.3) is 10.8 Å². The molecule has 2 aromatic rings. The molecule has 0 aromatic heterocycles. The first kappa shape index (κ1) is 11.6. The maximum atomic E-state index is 10.9. The van der Waals surface area contributed by atoms with Crippen LogP contribution < -0.4 is 5.73 Å². The van der Waals surface area contributed by atoms with Gasteiger partial charge in [-0.05, 0) is 16.3 Å². The predicted molar refractivity (Wildman–Crippen MR) is 64.1 cm³/mol. The molecule has 0 radical (unpaired) electrons. The van der Waals surface area contributed by atoms with Crippen LogP contribution in [0.4, 0.5) is 0 Å². The fraction of sp³-hybridized carbons (Fsp3) is 0.154. The summed E-state index contributed by atoms with van der Waals surface area (Å²) >= 11 is 0. The molecule has 2 unspecified atom stereocenters. The Morgan fingerprint density at radius 1 is 1.06 bits per heavy atom. The van der Waals surface area contributed by atoms with E-state index in [0.29, 0.717) is 5.56 Å². The number of aliphatic hydroxyl groups excluding tert-OH is 2. The van der Waals surface area contributed by atoms with Crippen molar-refractivity contribution >= 4 is 16.7 Å². The number of fused-ring (bicyclic) bond motifs is 1. The molecule has 0 heterocycles. The number of amides is 1. The van der Waals surface area contributed by atoms with Gasteiger partial charge in [-0.15, -0.1) is 0 Å². The second-order valence-electron chi connectivity index (χ2n) is 3.86. The third-order valence-electron chi connectivity index (χ3n) is 2.73. The number of carbonyl (C=O) groups is 1. The predicted octanol–water partition coefficient (Wildman–Crippen LogP) is 0.719. The minimum absolute atomic E-state index is 0.495. The Kier molecular flexibility index (Phi) is 3.08. The maximum Gasteiger partial charge on any atom is 0.249 e. The summed E-state index contributed by atoms with van der Waals surface area (Å²) in [5, 5.41) is 21.1. The molecule has 0 aliphatic carbocycles. The highest BCUT2D eigenvalue weighted by Gasteiger charge is 2.24. The van der Waals surface area contributed by atoms with Gasteiger partial charge < -0.3 is 15.9 Å². The van der Waals surface area contributed by atoms with Crippen LogP contribution in [0.1, 0.15) is 11.7 Å². The Morgan fingerprint density at radius 3 is 2.41 bits per heavy atom. The Labute approximate surface area is 98.3 Å². The smallest absolute Gasteiger partial charge is 0.249 e. The first-order valence-corrected chi connectivity index (χ1v) is 5.24. The highest BCUT2D eigenvalue weighted by Crippen LogP contribution is 2.26. The van der Waals surface area contributed by atoms with E-state index in [-0.39, 0.29) is 0 Å². The monoisotopic (exact) mass is 231 g/mol. The van der Waals surface area contributed by atoms with Gasteiger partial charge in [-0.25, -0.2) is 0 Å². The third-order valence-corrected chi connectivity index (χ3v) is 2.73. The van der Waals surface area contributed by atoms with Crippen LogP contribution in [0.5, 0.6) is 0 Å².